The highest BCUT2D eigenvalue weighted by molar-refractivity contribution is 5.44. The highest BCUT2D eigenvalue weighted by atomic mass is 16.5. The minimum atomic E-state index is -0.438. The zero-order valence-corrected chi connectivity index (χ0v) is 12.7. The van der Waals surface area contributed by atoms with Crippen molar-refractivity contribution in [3.63, 3.8) is 0 Å². The van der Waals surface area contributed by atoms with Gasteiger partial charge >= 0.3 is 0 Å². The average molecular weight is 297 g/mol. The molecule has 1 unspecified atom stereocenters. The van der Waals surface area contributed by atoms with Crippen molar-refractivity contribution < 1.29 is 9.47 Å². The van der Waals surface area contributed by atoms with Gasteiger partial charge in [0.25, 0.3) is 0 Å². The Kier molecular flexibility index (Phi) is 5.75. The molecule has 1 aromatic heterocycles. The lowest BCUT2D eigenvalue weighted by molar-refractivity contribution is 0.310. The maximum atomic E-state index is 9.39. The van der Waals surface area contributed by atoms with Crippen LogP contribution in [-0.4, -0.2) is 18.7 Å². The van der Waals surface area contributed by atoms with Gasteiger partial charge in [-0.15, -0.1) is 0 Å². The number of pyridine rings is 1. The Hall–Kier alpha value is -2.58. The van der Waals surface area contributed by atoms with Crippen LogP contribution in [0.15, 0.2) is 42.6 Å². The fourth-order valence-electron chi connectivity index (χ4n) is 2.09. The fourth-order valence-corrected chi connectivity index (χ4v) is 2.09. The van der Waals surface area contributed by atoms with Gasteiger partial charge in [-0.2, -0.15) is 5.26 Å². The highest BCUT2D eigenvalue weighted by Crippen LogP contribution is 2.30. The van der Waals surface area contributed by atoms with E-state index < -0.39 is 6.04 Å². The lowest BCUT2D eigenvalue weighted by Gasteiger charge is -2.15. The van der Waals surface area contributed by atoms with Crippen LogP contribution in [0.5, 0.6) is 11.5 Å². The second-order valence-electron chi connectivity index (χ2n) is 4.61. The van der Waals surface area contributed by atoms with Crippen LogP contribution in [-0.2, 0) is 6.54 Å². The fraction of sp³-hybridized carbons (Fsp3) is 0.294. The van der Waals surface area contributed by atoms with E-state index in [1.165, 1.54) is 0 Å². The summed E-state index contributed by atoms with van der Waals surface area (Å²) in [5.74, 6) is 1.30. The van der Waals surface area contributed by atoms with Crippen LogP contribution in [0, 0.1) is 11.3 Å². The van der Waals surface area contributed by atoms with Crippen LogP contribution < -0.4 is 14.8 Å². The molecule has 0 saturated carbocycles. The van der Waals surface area contributed by atoms with Gasteiger partial charge in [-0.3, -0.25) is 10.3 Å². The first-order valence-corrected chi connectivity index (χ1v) is 7.12. The number of hydrogen-bond donors (Lipinski definition) is 1. The summed E-state index contributed by atoms with van der Waals surface area (Å²) in [4.78, 5) is 4.23. The van der Waals surface area contributed by atoms with Gasteiger partial charge in [0.05, 0.1) is 25.5 Å². The lowest BCUT2D eigenvalue weighted by atomic mass is 10.1. The monoisotopic (exact) mass is 297 g/mol. The molecule has 0 bridgehead atoms. The van der Waals surface area contributed by atoms with Crippen molar-refractivity contribution in [2.75, 3.05) is 13.7 Å². The second kappa shape index (κ2) is 8.01. The molecule has 0 aliphatic heterocycles. The number of nitrogens with zero attached hydrogens (tertiary/aromatic N) is 2. The molecule has 1 N–H and O–H groups in total. The Balaban J connectivity index is 2.12. The Labute approximate surface area is 130 Å². The molecule has 0 aliphatic rings. The first-order valence-electron chi connectivity index (χ1n) is 7.12. The molecule has 114 valence electrons. The van der Waals surface area contributed by atoms with Crippen molar-refractivity contribution >= 4 is 0 Å². The van der Waals surface area contributed by atoms with Crippen LogP contribution in [0.3, 0.4) is 0 Å². The predicted molar refractivity (Wildman–Crippen MR) is 83.6 cm³/mol. The maximum Gasteiger partial charge on any atom is 0.161 e. The average Bonchev–Trinajstić information content (AvgIpc) is 2.57. The number of nitriles is 1. The number of ether oxygens (including phenoxy) is 2. The number of nitrogens with one attached hydrogen (secondary N) is 1. The van der Waals surface area contributed by atoms with Crippen molar-refractivity contribution in [3.8, 4) is 17.6 Å². The predicted octanol–water partition coefficient (Wildman–Crippen LogP) is 2.84. The van der Waals surface area contributed by atoms with Crippen LogP contribution in [0.25, 0.3) is 0 Å². The van der Waals surface area contributed by atoms with E-state index in [9.17, 15) is 5.26 Å². The first-order chi connectivity index (χ1) is 10.8. The standard InChI is InChI=1S/C17H19N3O2/c1-3-22-16-8-7-13(10-17(16)21-2)15(11-18)20-12-14-6-4-5-9-19-14/h4-10,15,20H,3,12H2,1-2H3. The van der Waals surface area contributed by atoms with Crippen molar-refractivity contribution in [1.82, 2.24) is 10.3 Å². The lowest BCUT2D eigenvalue weighted by Crippen LogP contribution is -2.20. The summed E-state index contributed by atoms with van der Waals surface area (Å²) in [6.45, 7) is 3.00. The number of benzene rings is 1. The van der Waals surface area contributed by atoms with Crippen LogP contribution in [0.2, 0.25) is 0 Å². The molecule has 1 atom stereocenters. The second-order valence-corrected chi connectivity index (χ2v) is 4.61. The van der Waals surface area contributed by atoms with Crippen LogP contribution in [0.4, 0.5) is 0 Å². The van der Waals surface area contributed by atoms with Gasteiger partial charge in [0, 0.05) is 12.7 Å². The van der Waals surface area contributed by atoms with Crippen LogP contribution >= 0.6 is 0 Å². The minimum Gasteiger partial charge on any atom is -0.493 e. The van der Waals surface area contributed by atoms with Crippen LogP contribution in [0.1, 0.15) is 24.2 Å². The summed E-state index contributed by atoms with van der Waals surface area (Å²) >= 11 is 0. The van der Waals surface area contributed by atoms with E-state index in [-0.39, 0.29) is 0 Å². The minimum absolute atomic E-state index is 0.438. The quantitative estimate of drug-likeness (QED) is 0.851. The van der Waals surface area contributed by atoms with Crippen molar-refractivity contribution in [2.24, 2.45) is 0 Å². The van der Waals surface area contributed by atoms with E-state index in [1.807, 2.05) is 43.3 Å². The Morgan fingerprint density at radius 3 is 2.77 bits per heavy atom. The first kappa shape index (κ1) is 15.8. The molecule has 1 aromatic carbocycles. The molecule has 0 radical (unpaired) electrons. The van der Waals surface area contributed by atoms with Gasteiger partial charge in [0.2, 0.25) is 0 Å². The van der Waals surface area contributed by atoms with Crippen molar-refractivity contribution in [2.45, 2.75) is 19.5 Å². The van der Waals surface area contributed by atoms with Crippen molar-refractivity contribution in [1.29, 1.82) is 5.26 Å². The summed E-state index contributed by atoms with van der Waals surface area (Å²) in [5.41, 5.74) is 1.72. The zero-order valence-electron chi connectivity index (χ0n) is 12.7. The summed E-state index contributed by atoms with van der Waals surface area (Å²) in [6, 6.07) is 13.0. The number of rotatable bonds is 7. The van der Waals surface area contributed by atoms with Crippen molar-refractivity contribution in [3.05, 3.63) is 53.9 Å². The molecule has 0 amide bonds. The highest BCUT2D eigenvalue weighted by Gasteiger charge is 2.13. The smallest absolute Gasteiger partial charge is 0.161 e. The van der Waals surface area contributed by atoms with E-state index in [0.29, 0.717) is 24.7 Å². The Morgan fingerprint density at radius 2 is 2.14 bits per heavy atom. The van der Waals surface area contributed by atoms with E-state index in [4.69, 9.17) is 9.47 Å². The molecule has 0 fully saturated rings. The Bertz CT molecular complexity index is 638. The Morgan fingerprint density at radius 1 is 1.27 bits per heavy atom. The molecule has 22 heavy (non-hydrogen) atoms. The maximum absolute atomic E-state index is 9.39. The largest absolute Gasteiger partial charge is 0.493 e. The third-order valence-electron chi connectivity index (χ3n) is 3.16. The molecule has 0 aliphatic carbocycles. The van der Waals surface area contributed by atoms with Gasteiger partial charge in [-0.05, 0) is 36.8 Å². The molecule has 2 rings (SSSR count). The topological polar surface area (TPSA) is 67.2 Å². The number of methoxy groups -OCH3 is 1. The summed E-state index contributed by atoms with van der Waals surface area (Å²) < 4.78 is 10.8. The van der Waals surface area contributed by atoms with E-state index in [0.717, 1.165) is 11.3 Å². The van der Waals surface area contributed by atoms with Gasteiger partial charge in [0.1, 0.15) is 6.04 Å². The molecule has 5 heteroatoms. The van der Waals surface area contributed by atoms with E-state index in [1.54, 1.807) is 13.3 Å². The number of hydrogen-bond acceptors (Lipinski definition) is 5. The van der Waals surface area contributed by atoms with Gasteiger partial charge < -0.3 is 9.47 Å². The van der Waals surface area contributed by atoms with Gasteiger partial charge in [-0.1, -0.05) is 12.1 Å². The molecule has 2 aromatic rings. The normalized spacial score (nSPS) is 11.5. The SMILES string of the molecule is CCOc1ccc(C(C#N)NCc2ccccn2)cc1OC. The molecule has 5 nitrogen and oxygen atoms in total. The summed E-state index contributed by atoms with van der Waals surface area (Å²) in [7, 11) is 1.59. The molecule has 0 spiro atoms. The molecule has 1 heterocycles. The summed E-state index contributed by atoms with van der Waals surface area (Å²) in [6.07, 6.45) is 1.73. The van der Waals surface area contributed by atoms with E-state index >= 15 is 0 Å². The third-order valence-corrected chi connectivity index (χ3v) is 3.16. The van der Waals surface area contributed by atoms with E-state index in [2.05, 4.69) is 16.4 Å². The number of aromatic nitrogens is 1. The molecule has 0 saturated heterocycles. The molecular formula is C17H19N3O2. The third kappa shape index (κ3) is 3.96. The molecular weight excluding hydrogens is 278 g/mol. The summed E-state index contributed by atoms with van der Waals surface area (Å²) in [5, 5.41) is 12.6. The van der Waals surface area contributed by atoms with Gasteiger partial charge in [-0.25, -0.2) is 0 Å². The zero-order chi connectivity index (χ0) is 15.8. The van der Waals surface area contributed by atoms with Gasteiger partial charge in [0.15, 0.2) is 11.5 Å².